The maximum atomic E-state index is 12.5. The van der Waals surface area contributed by atoms with Crippen LogP contribution in [0.5, 0.6) is 0 Å². The zero-order valence-corrected chi connectivity index (χ0v) is 18.6. The molecular weight excluding hydrogens is 414 g/mol. The molecule has 2 aromatic carbocycles. The molecule has 2 amide bonds. The van der Waals surface area contributed by atoms with E-state index in [0.717, 1.165) is 47.4 Å². The van der Waals surface area contributed by atoms with Crippen molar-refractivity contribution in [2.24, 2.45) is 0 Å². The van der Waals surface area contributed by atoms with Gasteiger partial charge in [-0.2, -0.15) is 0 Å². The molecule has 0 bridgehead atoms. The van der Waals surface area contributed by atoms with Gasteiger partial charge >= 0.3 is 0 Å². The highest BCUT2D eigenvalue weighted by Crippen LogP contribution is 2.16. The van der Waals surface area contributed by atoms with Gasteiger partial charge in [0.1, 0.15) is 5.82 Å². The first-order chi connectivity index (χ1) is 16.1. The van der Waals surface area contributed by atoms with Crippen LogP contribution in [0.4, 0.5) is 5.69 Å². The Bertz CT molecular complexity index is 1230. The summed E-state index contributed by atoms with van der Waals surface area (Å²) < 4.78 is 0. The monoisotopic (exact) mass is 441 g/mol. The molecule has 0 atom stereocenters. The maximum absolute atomic E-state index is 12.5. The molecule has 0 spiro atoms. The summed E-state index contributed by atoms with van der Waals surface area (Å²) in [7, 11) is 0. The third-order valence-corrected chi connectivity index (χ3v) is 5.33. The van der Waals surface area contributed by atoms with Gasteiger partial charge in [-0.25, -0.2) is 4.98 Å². The molecule has 7 heteroatoms. The summed E-state index contributed by atoms with van der Waals surface area (Å²) in [6.45, 7) is 2.42. The molecule has 2 aromatic heterocycles. The van der Waals surface area contributed by atoms with Crippen molar-refractivity contribution in [3.63, 3.8) is 0 Å². The largest absolute Gasteiger partial charge is 0.348 e. The molecule has 0 radical (unpaired) electrons. The lowest BCUT2D eigenvalue weighted by atomic mass is 10.1. The van der Waals surface area contributed by atoms with Crippen LogP contribution in [0, 0.1) is 0 Å². The molecule has 4 aromatic rings. The van der Waals surface area contributed by atoms with Gasteiger partial charge in [0.15, 0.2) is 0 Å². The Hall–Kier alpha value is -4.00. The van der Waals surface area contributed by atoms with E-state index >= 15 is 0 Å². The number of hydrogen-bond donors (Lipinski definition) is 3. The van der Waals surface area contributed by atoms with Crippen molar-refractivity contribution in [1.82, 2.24) is 20.3 Å². The minimum atomic E-state index is -0.136. The molecule has 0 saturated carbocycles. The van der Waals surface area contributed by atoms with Crippen LogP contribution < -0.4 is 10.6 Å². The van der Waals surface area contributed by atoms with E-state index in [1.807, 2.05) is 55.5 Å². The van der Waals surface area contributed by atoms with Crippen molar-refractivity contribution in [1.29, 1.82) is 0 Å². The number of carbonyl (C=O) groups is 2. The lowest BCUT2D eigenvalue weighted by molar-refractivity contribution is -0.116. The van der Waals surface area contributed by atoms with E-state index in [1.165, 1.54) is 5.56 Å². The molecule has 3 N–H and O–H groups in total. The van der Waals surface area contributed by atoms with E-state index in [0.29, 0.717) is 18.5 Å². The first-order valence-electron chi connectivity index (χ1n) is 11.2. The van der Waals surface area contributed by atoms with Gasteiger partial charge in [0, 0.05) is 43.0 Å². The molecule has 0 aliphatic heterocycles. The van der Waals surface area contributed by atoms with Crippen LogP contribution in [0.1, 0.15) is 47.1 Å². The molecule has 0 aliphatic rings. The van der Waals surface area contributed by atoms with Crippen LogP contribution in [0.3, 0.4) is 0 Å². The van der Waals surface area contributed by atoms with Crippen molar-refractivity contribution < 1.29 is 9.59 Å². The number of nitrogens with one attached hydrogen (secondary N) is 3. The molecule has 33 heavy (non-hydrogen) atoms. The first kappa shape index (κ1) is 22.2. The molecule has 168 valence electrons. The number of anilines is 1. The molecular formula is C26H27N5O2. The molecule has 0 fully saturated rings. The second-order valence-electron chi connectivity index (χ2n) is 7.95. The predicted octanol–water partition coefficient (Wildman–Crippen LogP) is 4.41. The summed E-state index contributed by atoms with van der Waals surface area (Å²) in [4.78, 5) is 36.3. The number of nitrogens with zero attached hydrogens (tertiary/aromatic N) is 2. The van der Waals surface area contributed by atoms with E-state index in [9.17, 15) is 9.59 Å². The summed E-state index contributed by atoms with van der Waals surface area (Å²) in [5.41, 5.74) is 5.19. The topological polar surface area (TPSA) is 99.8 Å². The highest BCUT2D eigenvalue weighted by Gasteiger charge is 2.10. The minimum absolute atomic E-state index is 0.0395. The predicted molar refractivity (Wildman–Crippen MR) is 129 cm³/mol. The quantitative estimate of drug-likeness (QED) is 0.358. The number of imidazole rings is 1. The van der Waals surface area contributed by atoms with Crippen molar-refractivity contribution in [3.05, 3.63) is 89.5 Å². The number of aromatic nitrogens is 3. The third kappa shape index (κ3) is 6.04. The molecule has 2 heterocycles. The average molecular weight is 442 g/mol. The number of carbonyl (C=O) groups excluding carboxylic acids is 2. The van der Waals surface area contributed by atoms with Gasteiger partial charge in [0.2, 0.25) is 5.91 Å². The summed E-state index contributed by atoms with van der Waals surface area (Å²) in [5.74, 6) is 0.777. The third-order valence-electron chi connectivity index (χ3n) is 5.33. The lowest BCUT2D eigenvalue weighted by Crippen LogP contribution is -2.22. The Balaban J connectivity index is 1.34. The van der Waals surface area contributed by atoms with Gasteiger partial charge in [0.05, 0.1) is 11.0 Å². The van der Waals surface area contributed by atoms with E-state index in [4.69, 9.17) is 0 Å². The average Bonchev–Trinajstić information content (AvgIpc) is 3.25. The summed E-state index contributed by atoms with van der Waals surface area (Å²) >= 11 is 0. The normalized spacial score (nSPS) is 10.8. The number of aromatic amines is 1. The smallest absolute Gasteiger partial charge is 0.251 e. The van der Waals surface area contributed by atoms with E-state index in [-0.39, 0.29) is 11.8 Å². The first-order valence-corrected chi connectivity index (χ1v) is 11.2. The Morgan fingerprint density at radius 2 is 1.85 bits per heavy atom. The van der Waals surface area contributed by atoms with Crippen LogP contribution >= 0.6 is 0 Å². The lowest BCUT2D eigenvalue weighted by Gasteiger charge is -2.05. The van der Waals surface area contributed by atoms with E-state index in [2.05, 4.69) is 25.6 Å². The van der Waals surface area contributed by atoms with Crippen LogP contribution in [0.25, 0.3) is 11.0 Å². The fourth-order valence-corrected chi connectivity index (χ4v) is 3.58. The van der Waals surface area contributed by atoms with Crippen molar-refractivity contribution in [2.45, 2.75) is 39.2 Å². The van der Waals surface area contributed by atoms with Gasteiger partial charge < -0.3 is 15.6 Å². The Labute approximate surface area is 192 Å². The summed E-state index contributed by atoms with van der Waals surface area (Å²) in [6, 6.07) is 17.2. The number of H-pyrrole nitrogens is 1. The molecule has 0 aliphatic carbocycles. The second kappa shape index (κ2) is 10.5. The van der Waals surface area contributed by atoms with Crippen LogP contribution in [0.15, 0.2) is 67.0 Å². The van der Waals surface area contributed by atoms with Crippen molar-refractivity contribution in [2.75, 3.05) is 5.32 Å². The fourth-order valence-electron chi connectivity index (χ4n) is 3.58. The molecule has 4 rings (SSSR count). The molecule has 0 unspecified atom stereocenters. The highest BCUT2D eigenvalue weighted by atomic mass is 16.2. The van der Waals surface area contributed by atoms with E-state index in [1.54, 1.807) is 18.5 Å². The van der Waals surface area contributed by atoms with Crippen LogP contribution in [0.2, 0.25) is 0 Å². The number of fused-ring (bicyclic) bond motifs is 1. The Kier molecular flexibility index (Phi) is 7.09. The minimum Gasteiger partial charge on any atom is -0.348 e. The Morgan fingerprint density at radius 3 is 2.61 bits per heavy atom. The summed E-state index contributed by atoms with van der Waals surface area (Å²) in [5, 5.41) is 5.82. The number of rotatable bonds is 9. The van der Waals surface area contributed by atoms with Gasteiger partial charge in [-0.3, -0.25) is 14.6 Å². The number of amides is 2. The van der Waals surface area contributed by atoms with E-state index < -0.39 is 0 Å². The SMILES string of the molecule is CCCC(=O)Nc1ccc(CCc2nc3ccc(C(=O)NCc4cccnc4)cc3[nH]2)cc1. The zero-order chi connectivity index (χ0) is 23.0. The molecule has 7 nitrogen and oxygen atoms in total. The van der Waals surface area contributed by atoms with Gasteiger partial charge in [0.25, 0.3) is 5.91 Å². The number of hydrogen-bond acceptors (Lipinski definition) is 4. The fraction of sp³-hybridized carbons (Fsp3) is 0.231. The summed E-state index contributed by atoms with van der Waals surface area (Å²) in [6.07, 6.45) is 6.37. The van der Waals surface area contributed by atoms with Crippen molar-refractivity contribution >= 4 is 28.5 Å². The van der Waals surface area contributed by atoms with Gasteiger partial charge in [-0.15, -0.1) is 0 Å². The highest BCUT2D eigenvalue weighted by molar-refractivity contribution is 5.97. The zero-order valence-electron chi connectivity index (χ0n) is 18.6. The number of aryl methyl sites for hydroxylation is 2. The molecule has 0 saturated heterocycles. The van der Waals surface area contributed by atoms with Crippen LogP contribution in [-0.2, 0) is 24.2 Å². The standard InChI is InChI=1S/C26H27N5O2/c1-2-4-25(32)29-21-10-6-18(7-11-21)8-13-24-30-22-12-9-20(15-23(22)31-24)26(33)28-17-19-5-3-14-27-16-19/h3,5-7,9-12,14-16H,2,4,8,13,17H2,1H3,(H,28,33)(H,29,32)(H,30,31). The number of pyridine rings is 1. The number of benzene rings is 2. The van der Waals surface area contributed by atoms with Gasteiger partial charge in [-0.1, -0.05) is 25.1 Å². The van der Waals surface area contributed by atoms with Gasteiger partial charge in [-0.05, 0) is 60.4 Å². The second-order valence-corrected chi connectivity index (χ2v) is 7.95. The van der Waals surface area contributed by atoms with Crippen LogP contribution in [-0.4, -0.2) is 26.8 Å². The van der Waals surface area contributed by atoms with Crippen molar-refractivity contribution in [3.8, 4) is 0 Å². The maximum Gasteiger partial charge on any atom is 0.251 e. The Morgan fingerprint density at radius 1 is 1.00 bits per heavy atom.